The van der Waals surface area contributed by atoms with E-state index in [1.807, 2.05) is 19.9 Å². The first-order valence-electron chi connectivity index (χ1n) is 3.28. The van der Waals surface area contributed by atoms with Gasteiger partial charge in [0, 0.05) is 5.92 Å². The van der Waals surface area contributed by atoms with Crippen molar-refractivity contribution in [1.29, 1.82) is 0 Å². The summed E-state index contributed by atoms with van der Waals surface area (Å²) in [6.45, 7) is 6.04. The van der Waals surface area contributed by atoms with Crippen molar-refractivity contribution in [3.8, 4) is 0 Å². The quantitative estimate of drug-likeness (QED) is 0.466. The normalized spacial score (nSPS) is 39.6. The van der Waals surface area contributed by atoms with E-state index in [0.29, 0.717) is 5.92 Å². The zero-order valence-electron chi connectivity index (χ0n) is 6.14. The highest BCUT2D eigenvalue weighted by molar-refractivity contribution is 4.96. The molecule has 1 aliphatic heterocycles. The number of quaternary nitrogens is 1. The van der Waals surface area contributed by atoms with Crippen molar-refractivity contribution >= 4 is 0 Å². The topological polar surface area (TPSA) is 27.5 Å². The molecule has 0 aliphatic carbocycles. The fraction of sp³-hybridized carbons (Fsp3) is 0.714. The Morgan fingerprint density at radius 1 is 1.56 bits per heavy atom. The highest BCUT2D eigenvalue weighted by atomic mass is 16.5. The van der Waals surface area contributed by atoms with Crippen LogP contribution in [-0.2, 0) is 0 Å². The fourth-order valence-corrected chi connectivity index (χ4v) is 0.911. The summed E-state index contributed by atoms with van der Waals surface area (Å²) in [4.78, 5) is 0. The van der Waals surface area contributed by atoms with Crippen LogP contribution in [-0.4, -0.2) is 5.54 Å². The standard InChI is InChI=1S/C7H13NO/c1-6-4-5-8(9)7(6,2)3/h4-6,8H,1-3H3. The summed E-state index contributed by atoms with van der Waals surface area (Å²) in [5.41, 5.74) is -0.139. The van der Waals surface area contributed by atoms with Crippen LogP contribution in [0.25, 0.3) is 0 Å². The highest BCUT2D eigenvalue weighted by Gasteiger charge is 2.34. The molecular weight excluding hydrogens is 114 g/mol. The maximum atomic E-state index is 11.0. The first-order chi connectivity index (χ1) is 4.05. The first-order valence-corrected chi connectivity index (χ1v) is 3.28. The Morgan fingerprint density at radius 3 is 2.22 bits per heavy atom. The molecule has 0 saturated heterocycles. The smallest absolute Gasteiger partial charge is 0.102 e. The van der Waals surface area contributed by atoms with Gasteiger partial charge in [-0.1, -0.05) is 6.92 Å². The summed E-state index contributed by atoms with van der Waals surface area (Å²) in [7, 11) is 0. The molecule has 52 valence electrons. The van der Waals surface area contributed by atoms with Gasteiger partial charge in [0.15, 0.2) is 0 Å². The molecule has 0 aromatic carbocycles. The summed E-state index contributed by atoms with van der Waals surface area (Å²) in [6.07, 6.45) is 3.66. The van der Waals surface area contributed by atoms with E-state index in [9.17, 15) is 5.21 Å². The molecule has 1 N–H and O–H groups in total. The van der Waals surface area contributed by atoms with Crippen molar-refractivity contribution < 1.29 is 5.06 Å². The molecule has 9 heavy (non-hydrogen) atoms. The SMILES string of the molecule is CC1C=C[NH+]([O-])C1(C)C. The molecule has 2 heteroatoms. The van der Waals surface area contributed by atoms with Gasteiger partial charge in [-0.15, -0.1) is 0 Å². The van der Waals surface area contributed by atoms with Gasteiger partial charge >= 0.3 is 0 Å². The number of hydrogen-bond acceptors (Lipinski definition) is 1. The van der Waals surface area contributed by atoms with Gasteiger partial charge < -0.3 is 10.3 Å². The molecule has 2 nitrogen and oxygen atoms in total. The van der Waals surface area contributed by atoms with E-state index in [1.165, 1.54) is 0 Å². The molecule has 2 atom stereocenters. The van der Waals surface area contributed by atoms with E-state index in [-0.39, 0.29) is 10.6 Å². The van der Waals surface area contributed by atoms with Gasteiger partial charge in [-0.3, -0.25) is 0 Å². The predicted octanol–water partition coefficient (Wildman–Crippen LogP) is 0.311. The van der Waals surface area contributed by atoms with Crippen LogP contribution in [0.5, 0.6) is 0 Å². The minimum absolute atomic E-state index is 0.139. The summed E-state index contributed by atoms with van der Waals surface area (Å²) >= 11 is 0. The minimum atomic E-state index is -0.139. The zero-order valence-corrected chi connectivity index (χ0v) is 6.14. The lowest BCUT2D eigenvalue weighted by molar-refractivity contribution is -0.845. The zero-order chi connectivity index (χ0) is 7.07. The molecule has 0 aromatic heterocycles. The second-order valence-corrected chi connectivity index (χ2v) is 3.23. The van der Waals surface area contributed by atoms with E-state index < -0.39 is 0 Å². The molecule has 1 aliphatic rings. The molecule has 0 fully saturated rings. The molecule has 1 rings (SSSR count). The molecule has 0 amide bonds. The number of rotatable bonds is 0. The lowest BCUT2D eigenvalue weighted by atomic mass is 9.92. The minimum Gasteiger partial charge on any atom is -0.629 e. The van der Waals surface area contributed by atoms with Gasteiger partial charge in [0.2, 0.25) is 0 Å². The third-order valence-electron chi connectivity index (χ3n) is 2.31. The Hall–Kier alpha value is -0.340. The summed E-state index contributed by atoms with van der Waals surface area (Å²) in [5.74, 6) is 0.407. The molecule has 0 aromatic rings. The van der Waals surface area contributed by atoms with E-state index in [2.05, 4.69) is 6.92 Å². The van der Waals surface area contributed by atoms with E-state index in [1.54, 1.807) is 6.20 Å². The van der Waals surface area contributed by atoms with Crippen LogP contribution in [0.3, 0.4) is 0 Å². The largest absolute Gasteiger partial charge is 0.629 e. The highest BCUT2D eigenvalue weighted by Crippen LogP contribution is 2.16. The Balaban J connectivity index is 2.76. The van der Waals surface area contributed by atoms with Crippen LogP contribution in [0.4, 0.5) is 0 Å². The summed E-state index contributed by atoms with van der Waals surface area (Å²) < 4.78 is 0. The lowest BCUT2D eigenvalue weighted by Gasteiger charge is -2.33. The average molecular weight is 127 g/mol. The summed E-state index contributed by atoms with van der Waals surface area (Å²) in [5, 5.41) is 11.3. The van der Waals surface area contributed by atoms with E-state index >= 15 is 0 Å². The van der Waals surface area contributed by atoms with Crippen molar-refractivity contribution in [3.63, 3.8) is 0 Å². The van der Waals surface area contributed by atoms with Gasteiger partial charge in [-0.25, -0.2) is 0 Å². The van der Waals surface area contributed by atoms with Crippen LogP contribution in [0.1, 0.15) is 20.8 Å². The molecule has 0 bridgehead atoms. The van der Waals surface area contributed by atoms with Crippen LogP contribution < -0.4 is 5.06 Å². The van der Waals surface area contributed by atoms with Gasteiger partial charge in [0.1, 0.15) is 5.54 Å². The Morgan fingerprint density at radius 2 is 2.11 bits per heavy atom. The summed E-state index contributed by atoms with van der Waals surface area (Å²) in [6, 6.07) is 0. The van der Waals surface area contributed by atoms with Crippen LogP contribution in [0.15, 0.2) is 12.3 Å². The van der Waals surface area contributed by atoms with Crippen molar-refractivity contribution in [1.82, 2.24) is 0 Å². The molecule has 1 heterocycles. The molecule has 0 saturated carbocycles. The molecule has 2 unspecified atom stereocenters. The average Bonchev–Trinajstić information content (AvgIpc) is 1.96. The first kappa shape index (κ1) is 6.78. The Bertz CT molecular complexity index is 126. The number of hydroxylamine groups is 2. The van der Waals surface area contributed by atoms with Crippen LogP contribution in [0, 0.1) is 11.1 Å². The maximum absolute atomic E-state index is 11.0. The van der Waals surface area contributed by atoms with Gasteiger partial charge in [0.05, 0.1) is 6.20 Å². The van der Waals surface area contributed by atoms with Crippen molar-refractivity contribution in [2.75, 3.05) is 0 Å². The maximum Gasteiger partial charge on any atom is 0.102 e. The number of nitrogens with one attached hydrogen (secondary N) is 1. The predicted molar refractivity (Wildman–Crippen MR) is 36.7 cm³/mol. The Kier molecular flexibility index (Phi) is 1.37. The van der Waals surface area contributed by atoms with Crippen molar-refractivity contribution in [2.45, 2.75) is 26.3 Å². The van der Waals surface area contributed by atoms with E-state index in [4.69, 9.17) is 0 Å². The van der Waals surface area contributed by atoms with Crippen molar-refractivity contribution in [3.05, 3.63) is 17.5 Å². The third-order valence-corrected chi connectivity index (χ3v) is 2.31. The second kappa shape index (κ2) is 1.82. The fourth-order valence-electron chi connectivity index (χ4n) is 0.911. The van der Waals surface area contributed by atoms with Crippen molar-refractivity contribution in [2.24, 2.45) is 5.92 Å². The number of hydrogen-bond donors (Lipinski definition) is 1. The van der Waals surface area contributed by atoms with Gasteiger partial charge in [0.25, 0.3) is 0 Å². The van der Waals surface area contributed by atoms with E-state index in [0.717, 1.165) is 0 Å². The molecular formula is C7H13NO. The van der Waals surface area contributed by atoms with Gasteiger partial charge in [-0.2, -0.15) is 0 Å². The monoisotopic (exact) mass is 127 g/mol. The lowest BCUT2D eigenvalue weighted by Crippen LogP contribution is -3.10. The molecule has 0 spiro atoms. The third kappa shape index (κ3) is 0.884. The molecule has 0 radical (unpaired) electrons. The second-order valence-electron chi connectivity index (χ2n) is 3.23. The van der Waals surface area contributed by atoms with Crippen LogP contribution in [0.2, 0.25) is 0 Å². The van der Waals surface area contributed by atoms with Gasteiger partial charge in [-0.05, 0) is 19.9 Å². The van der Waals surface area contributed by atoms with Crippen LogP contribution >= 0.6 is 0 Å². The Labute approximate surface area is 55.7 Å².